The molecule has 0 saturated carbocycles. The van der Waals surface area contributed by atoms with Gasteiger partial charge in [-0.25, -0.2) is 0 Å². The van der Waals surface area contributed by atoms with Crippen LogP contribution in [0.25, 0.3) is 0 Å². The van der Waals surface area contributed by atoms with Crippen molar-refractivity contribution < 1.29 is 13.2 Å². The van der Waals surface area contributed by atoms with E-state index in [9.17, 15) is 13.2 Å². The number of halogens is 3. The average molecular weight is 245 g/mol. The van der Waals surface area contributed by atoms with Crippen LogP contribution in [0.1, 0.15) is 30.9 Å². The summed E-state index contributed by atoms with van der Waals surface area (Å²) in [6.45, 7) is 3.11. The molecule has 96 valence electrons. The van der Waals surface area contributed by atoms with Gasteiger partial charge in [0, 0.05) is 13.0 Å². The second kappa shape index (κ2) is 6.64. The van der Waals surface area contributed by atoms with Crippen LogP contribution in [0.3, 0.4) is 0 Å². The molecule has 0 aliphatic rings. The summed E-state index contributed by atoms with van der Waals surface area (Å²) in [5.74, 6) is 0. The number of hydrogen-bond donors (Lipinski definition) is 1. The van der Waals surface area contributed by atoms with Gasteiger partial charge in [0.1, 0.15) is 0 Å². The minimum Gasteiger partial charge on any atom is -0.313 e. The smallest absolute Gasteiger partial charge is 0.313 e. The Labute approximate surface area is 100 Å². The van der Waals surface area contributed by atoms with E-state index in [1.54, 1.807) is 0 Å². The van der Waals surface area contributed by atoms with Crippen LogP contribution in [-0.4, -0.2) is 12.7 Å². The van der Waals surface area contributed by atoms with E-state index in [0.717, 1.165) is 12.0 Å². The van der Waals surface area contributed by atoms with Crippen molar-refractivity contribution in [2.45, 2.75) is 38.9 Å². The van der Waals surface area contributed by atoms with Crippen LogP contribution in [0.2, 0.25) is 0 Å². The molecule has 0 spiro atoms. The second-order valence-electron chi connectivity index (χ2n) is 4.07. The standard InChI is InChI=1S/C13H18F3N/c1-2-11-4-6-12(7-5-11)10-17-9-3-8-13(14,15)16/h4-7,17H,2-3,8-10H2,1H3. The van der Waals surface area contributed by atoms with E-state index in [0.29, 0.717) is 13.1 Å². The molecule has 0 heterocycles. The number of rotatable bonds is 6. The van der Waals surface area contributed by atoms with Gasteiger partial charge < -0.3 is 5.32 Å². The first-order valence-corrected chi connectivity index (χ1v) is 5.86. The minimum atomic E-state index is -4.04. The van der Waals surface area contributed by atoms with Crippen LogP contribution in [0.4, 0.5) is 13.2 Å². The maximum atomic E-state index is 11.9. The molecule has 0 atom stereocenters. The van der Waals surface area contributed by atoms with Crippen molar-refractivity contribution in [2.75, 3.05) is 6.54 Å². The fourth-order valence-electron chi connectivity index (χ4n) is 1.54. The van der Waals surface area contributed by atoms with Crippen LogP contribution in [0.5, 0.6) is 0 Å². The van der Waals surface area contributed by atoms with Gasteiger partial charge >= 0.3 is 6.18 Å². The van der Waals surface area contributed by atoms with E-state index in [2.05, 4.69) is 12.2 Å². The summed E-state index contributed by atoms with van der Waals surface area (Å²) in [7, 11) is 0. The van der Waals surface area contributed by atoms with Crippen molar-refractivity contribution in [1.82, 2.24) is 5.32 Å². The molecule has 0 aromatic heterocycles. The highest BCUT2D eigenvalue weighted by molar-refractivity contribution is 5.22. The Morgan fingerprint density at radius 3 is 2.18 bits per heavy atom. The van der Waals surface area contributed by atoms with Gasteiger partial charge in [0.25, 0.3) is 0 Å². The van der Waals surface area contributed by atoms with Gasteiger partial charge in [-0.1, -0.05) is 31.2 Å². The van der Waals surface area contributed by atoms with E-state index in [1.807, 2.05) is 24.3 Å². The molecule has 1 aromatic carbocycles. The largest absolute Gasteiger partial charge is 0.389 e. The van der Waals surface area contributed by atoms with Gasteiger partial charge in [-0.15, -0.1) is 0 Å². The maximum Gasteiger partial charge on any atom is 0.389 e. The predicted molar refractivity (Wildman–Crippen MR) is 62.8 cm³/mol. The third kappa shape index (κ3) is 6.31. The number of nitrogens with one attached hydrogen (secondary N) is 1. The summed E-state index contributed by atoms with van der Waals surface area (Å²) in [6.07, 6.45) is -3.62. The first kappa shape index (κ1) is 14.0. The average Bonchev–Trinajstić information content (AvgIpc) is 2.28. The molecule has 1 aromatic rings. The van der Waals surface area contributed by atoms with Gasteiger partial charge in [0.05, 0.1) is 0 Å². The minimum absolute atomic E-state index is 0.135. The number of aryl methyl sites for hydroxylation is 1. The zero-order chi connectivity index (χ0) is 12.7. The lowest BCUT2D eigenvalue weighted by Gasteiger charge is -2.07. The molecule has 0 saturated heterocycles. The second-order valence-corrected chi connectivity index (χ2v) is 4.07. The van der Waals surface area contributed by atoms with Gasteiger partial charge in [-0.3, -0.25) is 0 Å². The Bertz CT molecular complexity index is 316. The van der Waals surface area contributed by atoms with Crippen molar-refractivity contribution in [1.29, 1.82) is 0 Å². The normalized spacial score (nSPS) is 11.8. The number of hydrogen-bond acceptors (Lipinski definition) is 1. The fraction of sp³-hybridized carbons (Fsp3) is 0.538. The van der Waals surface area contributed by atoms with Crippen LogP contribution in [0.15, 0.2) is 24.3 Å². The topological polar surface area (TPSA) is 12.0 Å². The van der Waals surface area contributed by atoms with Crippen LogP contribution >= 0.6 is 0 Å². The van der Waals surface area contributed by atoms with Crippen molar-refractivity contribution in [3.8, 4) is 0 Å². The summed E-state index contributed by atoms with van der Waals surface area (Å²) in [5.41, 5.74) is 2.38. The van der Waals surface area contributed by atoms with E-state index >= 15 is 0 Å². The quantitative estimate of drug-likeness (QED) is 0.754. The molecule has 0 aliphatic carbocycles. The van der Waals surface area contributed by atoms with Crippen molar-refractivity contribution in [3.63, 3.8) is 0 Å². The highest BCUT2D eigenvalue weighted by atomic mass is 19.4. The lowest BCUT2D eigenvalue weighted by molar-refractivity contribution is -0.135. The molecule has 0 amide bonds. The van der Waals surface area contributed by atoms with E-state index in [4.69, 9.17) is 0 Å². The zero-order valence-electron chi connectivity index (χ0n) is 9.98. The number of alkyl halides is 3. The Morgan fingerprint density at radius 1 is 1.06 bits per heavy atom. The molecule has 0 bridgehead atoms. The zero-order valence-corrected chi connectivity index (χ0v) is 9.98. The molecular formula is C13H18F3N. The summed E-state index contributed by atoms with van der Waals surface area (Å²) >= 11 is 0. The molecular weight excluding hydrogens is 227 g/mol. The van der Waals surface area contributed by atoms with E-state index in [-0.39, 0.29) is 6.42 Å². The molecule has 1 rings (SSSR count). The van der Waals surface area contributed by atoms with Crippen LogP contribution in [-0.2, 0) is 13.0 Å². The first-order valence-electron chi connectivity index (χ1n) is 5.86. The van der Waals surface area contributed by atoms with Crippen molar-refractivity contribution >= 4 is 0 Å². The summed E-state index contributed by atoms with van der Waals surface area (Å²) in [6, 6.07) is 8.12. The maximum absolute atomic E-state index is 11.9. The predicted octanol–water partition coefficient (Wildman–Crippen LogP) is 3.68. The van der Waals surface area contributed by atoms with Crippen LogP contribution < -0.4 is 5.32 Å². The Balaban J connectivity index is 2.18. The monoisotopic (exact) mass is 245 g/mol. The van der Waals surface area contributed by atoms with E-state index in [1.165, 1.54) is 5.56 Å². The highest BCUT2D eigenvalue weighted by Gasteiger charge is 2.25. The van der Waals surface area contributed by atoms with Crippen LogP contribution in [0, 0.1) is 0 Å². The Kier molecular flexibility index (Phi) is 5.48. The molecule has 1 N–H and O–H groups in total. The summed E-state index contributed by atoms with van der Waals surface area (Å²) < 4.78 is 35.6. The molecule has 0 aliphatic heterocycles. The Hall–Kier alpha value is -1.03. The molecule has 0 radical (unpaired) electrons. The summed E-state index contributed by atoms with van der Waals surface area (Å²) in [4.78, 5) is 0. The van der Waals surface area contributed by atoms with Gasteiger partial charge in [-0.05, 0) is 30.5 Å². The van der Waals surface area contributed by atoms with Crippen molar-refractivity contribution in [3.05, 3.63) is 35.4 Å². The Morgan fingerprint density at radius 2 is 1.65 bits per heavy atom. The van der Waals surface area contributed by atoms with E-state index < -0.39 is 12.6 Å². The number of benzene rings is 1. The molecule has 0 fully saturated rings. The molecule has 0 unspecified atom stereocenters. The highest BCUT2D eigenvalue weighted by Crippen LogP contribution is 2.20. The van der Waals surface area contributed by atoms with Crippen molar-refractivity contribution in [2.24, 2.45) is 0 Å². The SMILES string of the molecule is CCc1ccc(CNCCCC(F)(F)F)cc1. The van der Waals surface area contributed by atoms with Gasteiger partial charge in [0.15, 0.2) is 0 Å². The third-order valence-corrected chi connectivity index (χ3v) is 2.57. The third-order valence-electron chi connectivity index (χ3n) is 2.57. The first-order chi connectivity index (χ1) is 8.01. The lowest BCUT2D eigenvalue weighted by Crippen LogP contribution is -2.17. The lowest BCUT2D eigenvalue weighted by atomic mass is 10.1. The van der Waals surface area contributed by atoms with Gasteiger partial charge in [-0.2, -0.15) is 13.2 Å². The molecule has 17 heavy (non-hydrogen) atoms. The molecule has 4 heteroatoms. The fourth-order valence-corrected chi connectivity index (χ4v) is 1.54. The van der Waals surface area contributed by atoms with Gasteiger partial charge in [0.2, 0.25) is 0 Å². The summed E-state index contributed by atoms with van der Waals surface area (Å²) in [5, 5.41) is 3.01. The molecule has 1 nitrogen and oxygen atoms in total.